The zero-order chi connectivity index (χ0) is 15.5. The van der Waals surface area contributed by atoms with E-state index < -0.39 is 0 Å². The molecule has 1 heterocycles. The van der Waals surface area contributed by atoms with Crippen LogP contribution in [0.15, 0.2) is 24.3 Å². The summed E-state index contributed by atoms with van der Waals surface area (Å²) >= 11 is 0. The van der Waals surface area contributed by atoms with E-state index in [4.69, 9.17) is 0 Å². The molecule has 1 fully saturated rings. The molecule has 0 amide bonds. The summed E-state index contributed by atoms with van der Waals surface area (Å²) in [5, 5.41) is 3.61. The first kappa shape index (κ1) is 16.5. The molecule has 2 rings (SSSR count). The molecule has 0 aromatic heterocycles. The molecular formula is C19H32N2. The van der Waals surface area contributed by atoms with Crippen LogP contribution in [0.25, 0.3) is 0 Å². The summed E-state index contributed by atoms with van der Waals surface area (Å²) < 4.78 is 0. The predicted octanol–water partition coefficient (Wildman–Crippen LogP) is 3.98. The second-order valence-corrected chi connectivity index (χ2v) is 7.55. The Morgan fingerprint density at radius 3 is 2.43 bits per heavy atom. The van der Waals surface area contributed by atoms with Crippen molar-refractivity contribution in [3.05, 3.63) is 35.4 Å². The molecule has 0 bridgehead atoms. The molecule has 1 aromatic carbocycles. The summed E-state index contributed by atoms with van der Waals surface area (Å²) in [4.78, 5) is 2.52. The van der Waals surface area contributed by atoms with Crippen molar-refractivity contribution in [2.24, 2.45) is 5.92 Å². The Bertz CT molecular complexity index is 430. The van der Waals surface area contributed by atoms with Crippen LogP contribution >= 0.6 is 0 Å². The Hall–Kier alpha value is -0.860. The summed E-state index contributed by atoms with van der Waals surface area (Å²) in [6, 6.07) is 9.90. The van der Waals surface area contributed by atoms with Gasteiger partial charge in [-0.1, -0.05) is 52.0 Å². The van der Waals surface area contributed by atoms with E-state index in [0.29, 0.717) is 6.04 Å². The van der Waals surface area contributed by atoms with Gasteiger partial charge in [0.25, 0.3) is 0 Å². The third-order valence-electron chi connectivity index (χ3n) is 4.73. The maximum Gasteiger partial charge on any atom is 0.0385 e. The average molecular weight is 288 g/mol. The van der Waals surface area contributed by atoms with Gasteiger partial charge < -0.3 is 5.32 Å². The van der Waals surface area contributed by atoms with E-state index in [2.05, 4.69) is 69.2 Å². The average Bonchev–Trinajstić information content (AvgIpc) is 2.79. The Morgan fingerprint density at radius 1 is 1.19 bits per heavy atom. The van der Waals surface area contributed by atoms with Gasteiger partial charge in [0.1, 0.15) is 0 Å². The second-order valence-electron chi connectivity index (χ2n) is 7.55. The van der Waals surface area contributed by atoms with Crippen molar-refractivity contribution in [1.29, 1.82) is 0 Å². The van der Waals surface area contributed by atoms with Crippen molar-refractivity contribution in [2.45, 2.75) is 52.0 Å². The Labute approximate surface area is 130 Å². The molecule has 21 heavy (non-hydrogen) atoms. The number of hydrogen-bond acceptors (Lipinski definition) is 2. The van der Waals surface area contributed by atoms with E-state index in [1.165, 1.54) is 30.5 Å². The molecule has 1 aliphatic rings. The van der Waals surface area contributed by atoms with Crippen LogP contribution in [0.1, 0.15) is 57.7 Å². The molecule has 1 aromatic rings. The van der Waals surface area contributed by atoms with E-state index in [0.717, 1.165) is 19.0 Å². The van der Waals surface area contributed by atoms with Crippen LogP contribution in [0.4, 0.5) is 0 Å². The summed E-state index contributed by atoms with van der Waals surface area (Å²) in [5.41, 5.74) is 3.14. The number of rotatable bonds is 5. The smallest absolute Gasteiger partial charge is 0.0385 e. The van der Waals surface area contributed by atoms with Crippen molar-refractivity contribution in [3.8, 4) is 0 Å². The number of nitrogens with one attached hydrogen (secondary N) is 1. The second kappa shape index (κ2) is 6.93. The maximum absolute atomic E-state index is 3.61. The predicted molar refractivity (Wildman–Crippen MR) is 91.8 cm³/mol. The lowest BCUT2D eigenvalue weighted by molar-refractivity contribution is 0.272. The SMILES string of the molecule is CCCNCC1CCN(C)C1c1ccc(C(C)(C)C)cc1. The summed E-state index contributed by atoms with van der Waals surface area (Å²) in [7, 11) is 2.27. The van der Waals surface area contributed by atoms with E-state index in [1.54, 1.807) is 0 Å². The zero-order valence-electron chi connectivity index (χ0n) is 14.4. The Balaban J connectivity index is 2.10. The van der Waals surface area contributed by atoms with Gasteiger partial charge in [-0.15, -0.1) is 0 Å². The molecule has 2 unspecified atom stereocenters. The van der Waals surface area contributed by atoms with Crippen LogP contribution < -0.4 is 5.32 Å². The highest BCUT2D eigenvalue weighted by Crippen LogP contribution is 2.36. The highest BCUT2D eigenvalue weighted by molar-refractivity contribution is 5.30. The molecule has 0 spiro atoms. The molecule has 0 saturated carbocycles. The molecule has 2 nitrogen and oxygen atoms in total. The van der Waals surface area contributed by atoms with Crippen LogP contribution in [0.2, 0.25) is 0 Å². The van der Waals surface area contributed by atoms with E-state index in [-0.39, 0.29) is 5.41 Å². The van der Waals surface area contributed by atoms with E-state index >= 15 is 0 Å². The lowest BCUT2D eigenvalue weighted by Gasteiger charge is -2.27. The zero-order valence-corrected chi connectivity index (χ0v) is 14.4. The minimum atomic E-state index is 0.238. The quantitative estimate of drug-likeness (QED) is 0.825. The minimum absolute atomic E-state index is 0.238. The highest BCUT2D eigenvalue weighted by Gasteiger charge is 2.32. The van der Waals surface area contributed by atoms with Gasteiger partial charge in [0, 0.05) is 6.04 Å². The fourth-order valence-electron chi connectivity index (χ4n) is 3.41. The number of nitrogens with zero attached hydrogens (tertiary/aromatic N) is 1. The standard InChI is InChI=1S/C19H32N2/c1-6-12-20-14-16-11-13-21(5)18(16)15-7-9-17(10-8-15)19(2,3)4/h7-10,16,18,20H,6,11-14H2,1-5H3. The summed E-state index contributed by atoms with van der Waals surface area (Å²) in [6.07, 6.45) is 2.52. The largest absolute Gasteiger partial charge is 0.316 e. The first-order valence-corrected chi connectivity index (χ1v) is 8.45. The van der Waals surface area contributed by atoms with E-state index in [1.807, 2.05) is 0 Å². The molecule has 2 heteroatoms. The fraction of sp³-hybridized carbons (Fsp3) is 0.684. The van der Waals surface area contributed by atoms with Crippen molar-refractivity contribution < 1.29 is 0 Å². The van der Waals surface area contributed by atoms with Gasteiger partial charge >= 0.3 is 0 Å². The van der Waals surface area contributed by atoms with Gasteiger partial charge in [-0.05, 0) is 62.0 Å². The number of hydrogen-bond donors (Lipinski definition) is 1. The van der Waals surface area contributed by atoms with Gasteiger partial charge in [0.05, 0.1) is 0 Å². The number of benzene rings is 1. The van der Waals surface area contributed by atoms with Crippen LogP contribution in [-0.2, 0) is 5.41 Å². The van der Waals surface area contributed by atoms with Gasteiger partial charge in [-0.25, -0.2) is 0 Å². The van der Waals surface area contributed by atoms with Gasteiger partial charge in [0.2, 0.25) is 0 Å². The third-order valence-corrected chi connectivity index (χ3v) is 4.73. The number of likely N-dealkylation sites (tertiary alicyclic amines) is 1. The van der Waals surface area contributed by atoms with Gasteiger partial charge in [-0.2, -0.15) is 0 Å². The molecule has 0 aliphatic carbocycles. The van der Waals surface area contributed by atoms with Crippen molar-refractivity contribution in [1.82, 2.24) is 10.2 Å². The van der Waals surface area contributed by atoms with Crippen LogP contribution in [-0.4, -0.2) is 31.6 Å². The van der Waals surface area contributed by atoms with Gasteiger partial charge in [0.15, 0.2) is 0 Å². The monoisotopic (exact) mass is 288 g/mol. The molecule has 1 saturated heterocycles. The van der Waals surface area contributed by atoms with Crippen LogP contribution in [0.5, 0.6) is 0 Å². The molecular weight excluding hydrogens is 256 g/mol. The first-order valence-electron chi connectivity index (χ1n) is 8.45. The maximum atomic E-state index is 3.61. The lowest BCUT2D eigenvalue weighted by Crippen LogP contribution is -2.29. The lowest BCUT2D eigenvalue weighted by atomic mass is 9.85. The van der Waals surface area contributed by atoms with Crippen LogP contribution in [0, 0.1) is 5.92 Å². The van der Waals surface area contributed by atoms with Crippen molar-refractivity contribution >= 4 is 0 Å². The van der Waals surface area contributed by atoms with Gasteiger partial charge in [-0.3, -0.25) is 4.90 Å². The fourth-order valence-corrected chi connectivity index (χ4v) is 3.41. The molecule has 0 radical (unpaired) electrons. The minimum Gasteiger partial charge on any atom is -0.316 e. The normalized spacial score (nSPS) is 23.7. The topological polar surface area (TPSA) is 15.3 Å². The highest BCUT2D eigenvalue weighted by atomic mass is 15.2. The van der Waals surface area contributed by atoms with Crippen molar-refractivity contribution in [2.75, 3.05) is 26.7 Å². The first-order chi connectivity index (χ1) is 9.93. The molecule has 1 aliphatic heterocycles. The Kier molecular flexibility index (Phi) is 5.45. The third kappa shape index (κ3) is 4.08. The summed E-state index contributed by atoms with van der Waals surface area (Å²) in [5.74, 6) is 0.738. The van der Waals surface area contributed by atoms with E-state index in [9.17, 15) is 0 Å². The Morgan fingerprint density at radius 2 is 1.86 bits per heavy atom. The van der Waals surface area contributed by atoms with Crippen LogP contribution in [0.3, 0.4) is 0 Å². The summed E-state index contributed by atoms with van der Waals surface area (Å²) in [6.45, 7) is 12.6. The molecule has 2 atom stereocenters. The van der Waals surface area contributed by atoms with Crippen molar-refractivity contribution in [3.63, 3.8) is 0 Å². The molecule has 1 N–H and O–H groups in total. The molecule has 118 valence electrons.